The fraction of sp³-hybridized carbons (Fsp3) is 0.458. The molecule has 0 bridgehead atoms. The maximum Gasteiger partial charge on any atom is 0.243 e. The van der Waals surface area contributed by atoms with Crippen molar-refractivity contribution in [3.8, 4) is 11.5 Å². The number of nitrogens with one attached hydrogen (secondary N) is 1. The van der Waals surface area contributed by atoms with Crippen LogP contribution in [0.1, 0.15) is 38.7 Å². The number of nitrogens with zero attached hydrogens (tertiary/aromatic N) is 1. The molecule has 3 rings (SSSR count). The van der Waals surface area contributed by atoms with E-state index < -0.39 is 21.9 Å². The Morgan fingerprint density at radius 2 is 1.76 bits per heavy atom. The molecule has 0 radical (unpaired) electrons. The highest BCUT2D eigenvalue weighted by Crippen LogP contribution is 2.29. The first-order valence-electron chi connectivity index (χ1n) is 11.3. The number of benzene rings is 2. The van der Waals surface area contributed by atoms with Crippen LogP contribution < -0.4 is 14.8 Å². The molecule has 1 aliphatic rings. The van der Waals surface area contributed by atoms with Crippen molar-refractivity contribution < 1.29 is 27.1 Å². The van der Waals surface area contributed by atoms with Crippen LogP contribution in [-0.4, -0.2) is 51.0 Å². The molecule has 180 valence electrons. The van der Waals surface area contributed by atoms with E-state index in [1.807, 2.05) is 32.0 Å². The zero-order valence-electron chi connectivity index (χ0n) is 19.1. The number of halogens is 1. The van der Waals surface area contributed by atoms with Gasteiger partial charge in [-0.3, -0.25) is 4.79 Å². The van der Waals surface area contributed by atoms with Crippen LogP contribution in [-0.2, 0) is 21.2 Å². The Morgan fingerprint density at radius 3 is 2.45 bits per heavy atom. The van der Waals surface area contributed by atoms with E-state index in [1.165, 1.54) is 16.4 Å². The second-order valence-corrected chi connectivity index (χ2v) is 9.66. The summed E-state index contributed by atoms with van der Waals surface area (Å²) >= 11 is 0. The van der Waals surface area contributed by atoms with Crippen molar-refractivity contribution >= 4 is 15.9 Å². The quantitative estimate of drug-likeness (QED) is 0.565. The van der Waals surface area contributed by atoms with Crippen LogP contribution in [0.4, 0.5) is 4.39 Å². The van der Waals surface area contributed by atoms with Crippen molar-refractivity contribution in [3.05, 3.63) is 53.8 Å². The molecule has 1 amide bonds. The molecule has 1 atom stereocenters. The van der Waals surface area contributed by atoms with Gasteiger partial charge in [0.25, 0.3) is 0 Å². The normalized spacial score (nSPS) is 16.9. The van der Waals surface area contributed by atoms with E-state index in [0.29, 0.717) is 50.5 Å². The molecule has 9 heteroatoms. The summed E-state index contributed by atoms with van der Waals surface area (Å²) in [7, 11) is -3.90. The summed E-state index contributed by atoms with van der Waals surface area (Å²) in [4.78, 5) is 12.9. The number of amides is 1. The van der Waals surface area contributed by atoms with Gasteiger partial charge in [-0.05, 0) is 75.1 Å². The first kappa shape index (κ1) is 25.0. The number of piperidine rings is 1. The van der Waals surface area contributed by atoms with Gasteiger partial charge >= 0.3 is 0 Å². The minimum Gasteiger partial charge on any atom is -0.490 e. The number of hydrogen-bond acceptors (Lipinski definition) is 5. The monoisotopic (exact) mass is 478 g/mol. The Bertz CT molecular complexity index is 1040. The van der Waals surface area contributed by atoms with Gasteiger partial charge in [0.2, 0.25) is 15.9 Å². The number of sulfonamides is 1. The Labute approximate surface area is 194 Å². The van der Waals surface area contributed by atoms with Gasteiger partial charge < -0.3 is 14.8 Å². The highest BCUT2D eigenvalue weighted by Gasteiger charge is 2.37. The molecule has 1 saturated heterocycles. The molecule has 0 aliphatic carbocycles. The predicted octanol–water partition coefficient (Wildman–Crippen LogP) is 3.53. The topological polar surface area (TPSA) is 84.9 Å². The number of ether oxygens (including phenoxy) is 2. The second-order valence-electron chi connectivity index (χ2n) is 7.77. The smallest absolute Gasteiger partial charge is 0.243 e. The fourth-order valence-electron chi connectivity index (χ4n) is 3.90. The summed E-state index contributed by atoms with van der Waals surface area (Å²) in [5.41, 5.74) is 0.974. The first-order chi connectivity index (χ1) is 15.9. The first-order valence-corrected chi connectivity index (χ1v) is 12.7. The number of carbonyl (C=O) groups excluding carboxylic acids is 1. The van der Waals surface area contributed by atoms with Gasteiger partial charge in [-0.1, -0.05) is 12.5 Å². The third kappa shape index (κ3) is 6.23. The van der Waals surface area contributed by atoms with Gasteiger partial charge in [0.05, 0.1) is 18.1 Å². The van der Waals surface area contributed by atoms with E-state index in [0.717, 1.165) is 24.1 Å². The molecular formula is C24H31FN2O5S. The number of hydrogen-bond donors (Lipinski definition) is 1. The van der Waals surface area contributed by atoms with Gasteiger partial charge in [-0.25, -0.2) is 12.8 Å². The van der Waals surface area contributed by atoms with Crippen LogP contribution >= 0.6 is 0 Å². The van der Waals surface area contributed by atoms with Gasteiger partial charge in [-0.2, -0.15) is 4.31 Å². The van der Waals surface area contributed by atoms with Crippen LogP contribution in [0.25, 0.3) is 0 Å². The largest absolute Gasteiger partial charge is 0.490 e. The van der Waals surface area contributed by atoms with Crippen molar-refractivity contribution in [2.75, 3.05) is 26.3 Å². The molecule has 33 heavy (non-hydrogen) atoms. The average Bonchev–Trinajstić information content (AvgIpc) is 2.81. The van der Waals surface area contributed by atoms with Crippen LogP contribution in [0.5, 0.6) is 11.5 Å². The van der Waals surface area contributed by atoms with Crippen molar-refractivity contribution in [3.63, 3.8) is 0 Å². The lowest BCUT2D eigenvalue weighted by molar-refractivity contribution is -0.125. The zero-order valence-corrected chi connectivity index (χ0v) is 19.9. The van der Waals surface area contributed by atoms with Gasteiger partial charge in [-0.15, -0.1) is 0 Å². The summed E-state index contributed by atoms with van der Waals surface area (Å²) in [5.74, 6) is 0.503. The summed E-state index contributed by atoms with van der Waals surface area (Å²) in [6.45, 7) is 5.48. The molecule has 1 heterocycles. The van der Waals surface area contributed by atoms with E-state index in [4.69, 9.17) is 9.47 Å². The number of carbonyl (C=O) groups is 1. The van der Waals surface area contributed by atoms with Crippen molar-refractivity contribution in [2.24, 2.45) is 0 Å². The molecule has 0 aromatic heterocycles. The van der Waals surface area contributed by atoms with E-state index >= 15 is 0 Å². The van der Waals surface area contributed by atoms with Crippen LogP contribution in [0.2, 0.25) is 0 Å². The average molecular weight is 479 g/mol. The summed E-state index contributed by atoms with van der Waals surface area (Å²) in [6, 6.07) is 9.57. The minimum absolute atomic E-state index is 0.0126. The molecule has 1 N–H and O–H groups in total. The molecule has 7 nitrogen and oxygen atoms in total. The van der Waals surface area contributed by atoms with Crippen molar-refractivity contribution in [1.29, 1.82) is 0 Å². The molecule has 2 aromatic rings. The maximum atomic E-state index is 13.2. The SMILES string of the molecule is CCOc1ccc(CCNC(=O)[C@H]2CCCCN2S(=O)(=O)c2ccc(F)cc2)cc1OCC. The fourth-order valence-corrected chi connectivity index (χ4v) is 5.55. The second kappa shape index (κ2) is 11.5. The molecular weight excluding hydrogens is 447 g/mol. The van der Waals surface area contributed by atoms with Gasteiger partial charge in [0.15, 0.2) is 11.5 Å². The summed E-state index contributed by atoms with van der Waals surface area (Å²) in [5, 5.41) is 2.88. The third-order valence-electron chi connectivity index (χ3n) is 5.50. The third-order valence-corrected chi connectivity index (χ3v) is 7.42. The Kier molecular flexibility index (Phi) is 8.68. The standard InChI is InChI=1S/C24H31FN2O5S/c1-3-31-22-13-8-18(17-23(22)32-4-2)14-15-26-24(28)21-7-5-6-16-27(21)33(29,30)20-11-9-19(25)10-12-20/h8-13,17,21H,3-7,14-16H2,1-2H3,(H,26,28)/t21-/m1/s1. The van der Waals surface area contributed by atoms with E-state index in [-0.39, 0.29) is 17.3 Å². The highest BCUT2D eigenvalue weighted by atomic mass is 32.2. The van der Waals surface area contributed by atoms with Gasteiger partial charge in [0, 0.05) is 13.1 Å². The lowest BCUT2D eigenvalue weighted by Crippen LogP contribution is -2.52. The lowest BCUT2D eigenvalue weighted by atomic mass is 10.0. The lowest BCUT2D eigenvalue weighted by Gasteiger charge is -2.33. The van der Waals surface area contributed by atoms with E-state index in [1.54, 1.807) is 0 Å². The zero-order chi connectivity index (χ0) is 23.8. The molecule has 0 saturated carbocycles. The Balaban J connectivity index is 1.65. The molecule has 1 aliphatic heterocycles. The van der Waals surface area contributed by atoms with Gasteiger partial charge in [0.1, 0.15) is 11.9 Å². The Morgan fingerprint density at radius 1 is 1.06 bits per heavy atom. The van der Waals surface area contributed by atoms with E-state index in [9.17, 15) is 17.6 Å². The van der Waals surface area contributed by atoms with E-state index in [2.05, 4.69) is 5.32 Å². The van der Waals surface area contributed by atoms with Crippen LogP contribution in [0, 0.1) is 5.82 Å². The van der Waals surface area contributed by atoms with Crippen LogP contribution in [0.15, 0.2) is 47.4 Å². The Hall–Kier alpha value is -2.65. The van der Waals surface area contributed by atoms with Crippen molar-refractivity contribution in [2.45, 2.75) is 50.5 Å². The molecule has 0 spiro atoms. The maximum absolute atomic E-state index is 13.2. The highest BCUT2D eigenvalue weighted by molar-refractivity contribution is 7.89. The number of rotatable bonds is 10. The predicted molar refractivity (Wildman–Crippen MR) is 123 cm³/mol. The summed E-state index contributed by atoms with van der Waals surface area (Å²) < 4.78 is 51.9. The molecule has 1 fully saturated rings. The van der Waals surface area contributed by atoms with Crippen LogP contribution in [0.3, 0.4) is 0 Å². The molecule has 2 aromatic carbocycles. The molecule has 0 unspecified atom stereocenters. The minimum atomic E-state index is -3.90. The van der Waals surface area contributed by atoms with Crippen molar-refractivity contribution in [1.82, 2.24) is 9.62 Å². The summed E-state index contributed by atoms with van der Waals surface area (Å²) in [6.07, 6.45) is 2.46.